The minimum absolute atomic E-state index is 0.0349. The summed E-state index contributed by atoms with van der Waals surface area (Å²) in [4.78, 5) is 16.3. The molecule has 0 aromatic heterocycles. The smallest absolute Gasteiger partial charge is 0.323 e. The molecule has 2 unspecified atom stereocenters. The van der Waals surface area contributed by atoms with E-state index in [-0.39, 0.29) is 18.1 Å². The van der Waals surface area contributed by atoms with Crippen LogP contribution in [0.25, 0.3) is 0 Å². The molecule has 3 rings (SSSR count). The molecule has 4 nitrogen and oxygen atoms in total. The van der Waals surface area contributed by atoms with Crippen LogP contribution in [0.3, 0.4) is 0 Å². The van der Waals surface area contributed by atoms with Crippen LogP contribution < -0.4 is 0 Å². The maximum atomic E-state index is 14.0. The zero-order chi connectivity index (χ0) is 20.3. The van der Waals surface area contributed by atoms with E-state index in [1.54, 1.807) is 6.07 Å². The first-order valence-corrected chi connectivity index (χ1v) is 9.45. The van der Waals surface area contributed by atoms with E-state index in [0.29, 0.717) is 36.6 Å². The van der Waals surface area contributed by atoms with E-state index < -0.39 is 11.6 Å². The van der Waals surface area contributed by atoms with Crippen LogP contribution in [-0.4, -0.2) is 48.6 Å². The van der Waals surface area contributed by atoms with Gasteiger partial charge in [-0.3, -0.25) is 14.6 Å². The van der Waals surface area contributed by atoms with Gasteiger partial charge in [0.2, 0.25) is 0 Å². The predicted octanol–water partition coefficient (Wildman–Crippen LogP) is 3.87. The third kappa shape index (κ3) is 4.87. The second-order valence-electron chi connectivity index (χ2n) is 7.14. The maximum Gasteiger partial charge on any atom is 0.323 e. The van der Waals surface area contributed by atoms with Crippen molar-refractivity contribution in [3.05, 3.63) is 70.2 Å². The van der Waals surface area contributed by atoms with Crippen LogP contribution in [0.15, 0.2) is 42.5 Å². The summed E-state index contributed by atoms with van der Waals surface area (Å²) in [5.74, 6) is -1.45. The Morgan fingerprint density at radius 3 is 2.75 bits per heavy atom. The fourth-order valence-corrected chi connectivity index (χ4v) is 3.89. The van der Waals surface area contributed by atoms with Gasteiger partial charge in [-0.1, -0.05) is 29.8 Å². The average Bonchev–Trinajstić information content (AvgIpc) is 3.07. The van der Waals surface area contributed by atoms with E-state index in [0.717, 1.165) is 11.6 Å². The van der Waals surface area contributed by atoms with E-state index in [4.69, 9.17) is 16.3 Å². The summed E-state index contributed by atoms with van der Waals surface area (Å²) in [6.45, 7) is 1.52. The molecule has 0 N–H and O–H groups in total. The van der Waals surface area contributed by atoms with E-state index in [1.165, 1.54) is 19.2 Å². The summed E-state index contributed by atoms with van der Waals surface area (Å²) in [6, 6.07) is 10.8. The van der Waals surface area contributed by atoms with Gasteiger partial charge >= 0.3 is 5.97 Å². The Labute approximate surface area is 168 Å². The number of esters is 1. The van der Waals surface area contributed by atoms with Crippen LogP contribution in [-0.2, 0) is 22.6 Å². The normalized spacial score (nSPS) is 19.9. The molecular weight excluding hydrogens is 386 g/mol. The van der Waals surface area contributed by atoms with E-state index in [9.17, 15) is 13.6 Å². The number of likely N-dealkylation sites (tertiary alicyclic amines) is 1. The van der Waals surface area contributed by atoms with Gasteiger partial charge in [0.15, 0.2) is 0 Å². The lowest BCUT2D eigenvalue weighted by atomic mass is 10.1. The Bertz CT molecular complexity index is 849. The third-order valence-electron chi connectivity index (χ3n) is 5.19. The van der Waals surface area contributed by atoms with Crippen LogP contribution in [0.4, 0.5) is 8.78 Å². The van der Waals surface area contributed by atoms with Crippen molar-refractivity contribution < 1.29 is 18.3 Å². The molecule has 1 saturated heterocycles. The molecule has 0 saturated carbocycles. The fourth-order valence-electron chi connectivity index (χ4n) is 3.67. The van der Waals surface area contributed by atoms with Gasteiger partial charge in [-0.15, -0.1) is 0 Å². The first-order chi connectivity index (χ1) is 13.4. The highest BCUT2D eigenvalue weighted by Gasteiger charge is 2.39. The molecular formula is C21H23ClF2N2O2. The quantitative estimate of drug-likeness (QED) is 0.679. The molecule has 1 heterocycles. The highest BCUT2D eigenvalue weighted by Crippen LogP contribution is 2.26. The number of hydrogen-bond donors (Lipinski definition) is 0. The van der Waals surface area contributed by atoms with Crippen LogP contribution >= 0.6 is 11.6 Å². The summed E-state index contributed by atoms with van der Waals surface area (Å²) >= 11 is 6.07. The lowest BCUT2D eigenvalue weighted by Crippen LogP contribution is -2.36. The van der Waals surface area contributed by atoms with Crippen molar-refractivity contribution in [3.63, 3.8) is 0 Å². The molecule has 0 amide bonds. The van der Waals surface area contributed by atoms with Crippen molar-refractivity contribution in [2.75, 3.05) is 20.7 Å². The van der Waals surface area contributed by atoms with Gasteiger partial charge in [0.1, 0.15) is 17.7 Å². The number of halogens is 3. The summed E-state index contributed by atoms with van der Waals surface area (Å²) in [7, 11) is 3.26. The summed E-state index contributed by atoms with van der Waals surface area (Å²) in [5, 5.41) is 0.645. The number of likely N-dealkylation sites (N-methyl/N-ethyl adjacent to an activating group) is 1. The zero-order valence-corrected chi connectivity index (χ0v) is 16.6. The molecule has 2 aromatic rings. The van der Waals surface area contributed by atoms with Gasteiger partial charge in [-0.2, -0.15) is 0 Å². The van der Waals surface area contributed by atoms with Crippen LogP contribution in [0.2, 0.25) is 5.02 Å². The second-order valence-corrected chi connectivity index (χ2v) is 7.58. The van der Waals surface area contributed by atoms with Crippen LogP contribution in [0.5, 0.6) is 0 Å². The van der Waals surface area contributed by atoms with Crippen molar-refractivity contribution in [3.8, 4) is 0 Å². The van der Waals surface area contributed by atoms with Gasteiger partial charge < -0.3 is 4.74 Å². The summed E-state index contributed by atoms with van der Waals surface area (Å²) < 4.78 is 32.1. The highest BCUT2D eigenvalue weighted by atomic mass is 35.5. The number of hydrogen-bond acceptors (Lipinski definition) is 4. The molecule has 1 aliphatic heterocycles. The summed E-state index contributed by atoms with van der Waals surface area (Å²) in [5.41, 5.74) is 1.43. The SMILES string of the molecule is COC(=O)C1CC(N(C)Cc2ccc(F)cc2F)CN1Cc1cccc(Cl)c1. The topological polar surface area (TPSA) is 32.8 Å². The monoisotopic (exact) mass is 408 g/mol. The molecule has 0 bridgehead atoms. The second kappa shape index (κ2) is 8.99. The number of benzene rings is 2. The van der Waals surface area contributed by atoms with Gasteiger partial charge in [0.05, 0.1) is 7.11 Å². The zero-order valence-electron chi connectivity index (χ0n) is 15.9. The lowest BCUT2D eigenvalue weighted by Gasteiger charge is -2.25. The lowest BCUT2D eigenvalue weighted by molar-refractivity contribution is -0.146. The standard InChI is InChI=1S/C21H23ClF2N2O2/c1-25(12-15-6-7-17(23)9-19(15)24)18-10-20(21(27)28-2)26(13-18)11-14-4-3-5-16(22)8-14/h3-9,18,20H,10-13H2,1-2H3. The van der Waals surface area contributed by atoms with Gasteiger partial charge in [-0.05, 0) is 37.2 Å². The molecule has 7 heteroatoms. The van der Waals surface area contributed by atoms with E-state index >= 15 is 0 Å². The Hall–Kier alpha value is -2.02. The highest BCUT2D eigenvalue weighted by molar-refractivity contribution is 6.30. The predicted molar refractivity (Wildman–Crippen MR) is 104 cm³/mol. The fraction of sp³-hybridized carbons (Fsp3) is 0.381. The molecule has 0 spiro atoms. The molecule has 28 heavy (non-hydrogen) atoms. The Morgan fingerprint density at radius 1 is 1.29 bits per heavy atom. The van der Waals surface area contributed by atoms with E-state index in [1.807, 2.05) is 30.1 Å². The van der Waals surface area contributed by atoms with Gasteiger partial charge in [0.25, 0.3) is 0 Å². The maximum absolute atomic E-state index is 14.0. The number of rotatable bonds is 6. The summed E-state index contributed by atoms with van der Waals surface area (Å²) in [6.07, 6.45) is 0.576. The Morgan fingerprint density at radius 2 is 2.07 bits per heavy atom. The molecule has 1 fully saturated rings. The molecule has 2 aromatic carbocycles. The largest absolute Gasteiger partial charge is 0.468 e. The van der Waals surface area contributed by atoms with Crippen molar-refractivity contribution in [1.82, 2.24) is 9.80 Å². The third-order valence-corrected chi connectivity index (χ3v) is 5.42. The van der Waals surface area contributed by atoms with Gasteiger partial charge in [0, 0.05) is 42.3 Å². The van der Waals surface area contributed by atoms with Gasteiger partial charge in [-0.25, -0.2) is 8.78 Å². The number of ether oxygens (including phenoxy) is 1. The molecule has 0 aliphatic carbocycles. The molecule has 1 aliphatic rings. The van der Waals surface area contributed by atoms with Crippen molar-refractivity contribution in [2.24, 2.45) is 0 Å². The molecule has 2 atom stereocenters. The number of nitrogens with zero attached hydrogens (tertiary/aromatic N) is 2. The molecule has 150 valence electrons. The Kier molecular flexibility index (Phi) is 6.65. The first kappa shape index (κ1) is 20.7. The minimum atomic E-state index is -0.594. The van der Waals surface area contributed by atoms with Crippen LogP contribution in [0, 0.1) is 11.6 Å². The first-order valence-electron chi connectivity index (χ1n) is 9.08. The van der Waals surface area contributed by atoms with Crippen LogP contribution in [0.1, 0.15) is 17.5 Å². The van der Waals surface area contributed by atoms with Crippen molar-refractivity contribution in [1.29, 1.82) is 0 Å². The average molecular weight is 409 g/mol. The van der Waals surface area contributed by atoms with Crippen molar-refractivity contribution in [2.45, 2.75) is 31.6 Å². The van der Waals surface area contributed by atoms with Crippen molar-refractivity contribution >= 4 is 17.6 Å². The minimum Gasteiger partial charge on any atom is -0.468 e. The Balaban J connectivity index is 1.72. The number of carbonyl (C=O) groups is 1. The van der Waals surface area contributed by atoms with E-state index in [2.05, 4.69) is 4.90 Å². The number of carbonyl (C=O) groups excluding carboxylic acids is 1. The molecule has 0 radical (unpaired) electrons. The number of methoxy groups -OCH3 is 1.